The Hall–Kier alpha value is -3.35. The van der Waals surface area contributed by atoms with Gasteiger partial charge in [0.25, 0.3) is 0 Å². The summed E-state index contributed by atoms with van der Waals surface area (Å²) >= 11 is 0. The maximum Gasteiger partial charge on any atom is 0.224 e. The Morgan fingerprint density at radius 1 is 1.07 bits per heavy atom. The van der Waals surface area contributed by atoms with Crippen LogP contribution < -0.4 is 14.8 Å². The Morgan fingerprint density at radius 3 is 2.67 bits per heavy atom. The third-order valence-corrected chi connectivity index (χ3v) is 4.04. The molecule has 140 valence electrons. The molecule has 7 heteroatoms. The van der Waals surface area contributed by atoms with Crippen LogP contribution in [0.3, 0.4) is 0 Å². The molecular weight excluding hydrogens is 344 g/mol. The molecule has 1 aromatic carbocycles. The van der Waals surface area contributed by atoms with Gasteiger partial charge in [0.1, 0.15) is 5.69 Å². The number of nitrogens with one attached hydrogen (secondary N) is 1. The van der Waals surface area contributed by atoms with Gasteiger partial charge in [-0.1, -0.05) is 12.1 Å². The Kier molecular flexibility index (Phi) is 6.04. The molecule has 0 atom stereocenters. The fourth-order valence-electron chi connectivity index (χ4n) is 2.69. The van der Waals surface area contributed by atoms with Gasteiger partial charge in [0.05, 0.1) is 32.9 Å². The molecule has 27 heavy (non-hydrogen) atoms. The molecule has 0 saturated heterocycles. The van der Waals surface area contributed by atoms with E-state index in [0.29, 0.717) is 24.6 Å². The van der Waals surface area contributed by atoms with Crippen molar-refractivity contribution < 1.29 is 14.3 Å². The number of carbonyl (C=O) groups excluding carboxylic acids is 1. The molecule has 7 nitrogen and oxygen atoms in total. The van der Waals surface area contributed by atoms with Crippen LogP contribution >= 0.6 is 0 Å². The molecule has 1 amide bonds. The van der Waals surface area contributed by atoms with Crippen molar-refractivity contribution in [3.63, 3.8) is 0 Å². The Balaban J connectivity index is 1.49. The third-order valence-electron chi connectivity index (χ3n) is 4.04. The zero-order valence-corrected chi connectivity index (χ0v) is 15.4. The number of benzene rings is 1. The van der Waals surface area contributed by atoms with E-state index in [4.69, 9.17) is 9.47 Å². The van der Waals surface area contributed by atoms with Gasteiger partial charge >= 0.3 is 0 Å². The summed E-state index contributed by atoms with van der Waals surface area (Å²) in [7, 11) is 3.16. The smallest absolute Gasteiger partial charge is 0.224 e. The average molecular weight is 366 g/mol. The second kappa shape index (κ2) is 8.84. The zero-order valence-electron chi connectivity index (χ0n) is 15.4. The van der Waals surface area contributed by atoms with E-state index in [1.807, 2.05) is 42.6 Å². The summed E-state index contributed by atoms with van der Waals surface area (Å²) in [5.74, 6) is 1.20. The third kappa shape index (κ3) is 4.84. The maximum absolute atomic E-state index is 12.2. The van der Waals surface area contributed by atoms with Crippen molar-refractivity contribution in [1.29, 1.82) is 0 Å². The van der Waals surface area contributed by atoms with E-state index in [1.165, 1.54) is 0 Å². The van der Waals surface area contributed by atoms with Crippen molar-refractivity contribution in [3.05, 3.63) is 60.4 Å². The van der Waals surface area contributed by atoms with Crippen molar-refractivity contribution >= 4 is 5.91 Å². The van der Waals surface area contributed by atoms with E-state index in [1.54, 1.807) is 31.2 Å². The minimum atomic E-state index is -0.0562. The predicted molar refractivity (Wildman–Crippen MR) is 102 cm³/mol. The minimum absolute atomic E-state index is 0.0562. The van der Waals surface area contributed by atoms with Crippen LogP contribution in [-0.2, 0) is 17.8 Å². The molecule has 0 aliphatic heterocycles. The normalized spacial score (nSPS) is 10.4. The van der Waals surface area contributed by atoms with Crippen LogP contribution in [0.5, 0.6) is 11.5 Å². The van der Waals surface area contributed by atoms with Crippen LogP contribution in [0.1, 0.15) is 5.56 Å². The highest BCUT2D eigenvalue weighted by Crippen LogP contribution is 2.27. The van der Waals surface area contributed by atoms with Crippen LogP contribution in [0.15, 0.2) is 54.9 Å². The fourth-order valence-corrected chi connectivity index (χ4v) is 2.69. The molecule has 2 aromatic heterocycles. The first kappa shape index (κ1) is 18.4. The number of hydrogen-bond acceptors (Lipinski definition) is 5. The van der Waals surface area contributed by atoms with Crippen molar-refractivity contribution in [2.75, 3.05) is 20.8 Å². The molecular formula is C20H22N4O3. The molecule has 0 bridgehead atoms. The highest BCUT2D eigenvalue weighted by molar-refractivity contribution is 5.78. The number of ether oxygens (including phenoxy) is 2. The number of amides is 1. The minimum Gasteiger partial charge on any atom is -0.493 e. The number of rotatable bonds is 8. The largest absolute Gasteiger partial charge is 0.493 e. The van der Waals surface area contributed by atoms with Crippen molar-refractivity contribution in [3.8, 4) is 22.9 Å². The molecule has 0 aliphatic rings. The van der Waals surface area contributed by atoms with E-state index < -0.39 is 0 Å². The van der Waals surface area contributed by atoms with Gasteiger partial charge in [-0.3, -0.25) is 14.5 Å². The average Bonchev–Trinajstić information content (AvgIpc) is 3.17. The van der Waals surface area contributed by atoms with Gasteiger partial charge in [0, 0.05) is 18.9 Å². The first-order valence-electron chi connectivity index (χ1n) is 8.62. The maximum atomic E-state index is 12.2. The SMILES string of the molecule is COc1ccc(CC(=O)NCCn2ccc(-c3ccccn3)n2)cc1OC. The van der Waals surface area contributed by atoms with Crippen molar-refractivity contribution in [2.45, 2.75) is 13.0 Å². The van der Waals surface area contributed by atoms with E-state index >= 15 is 0 Å². The second-order valence-corrected chi connectivity index (χ2v) is 5.90. The first-order valence-corrected chi connectivity index (χ1v) is 8.62. The van der Waals surface area contributed by atoms with Crippen molar-refractivity contribution in [1.82, 2.24) is 20.1 Å². The number of hydrogen-bond donors (Lipinski definition) is 1. The molecule has 0 radical (unpaired) electrons. The lowest BCUT2D eigenvalue weighted by atomic mass is 10.1. The summed E-state index contributed by atoms with van der Waals surface area (Å²) in [6.07, 6.45) is 3.89. The van der Waals surface area contributed by atoms with E-state index in [9.17, 15) is 4.79 Å². The Morgan fingerprint density at radius 2 is 1.93 bits per heavy atom. The van der Waals surface area contributed by atoms with Crippen LogP contribution in [0.2, 0.25) is 0 Å². The lowest BCUT2D eigenvalue weighted by Gasteiger charge is -2.10. The van der Waals surface area contributed by atoms with Gasteiger partial charge in [-0.25, -0.2) is 0 Å². The predicted octanol–water partition coefficient (Wildman–Crippen LogP) is 2.32. The number of methoxy groups -OCH3 is 2. The molecule has 0 saturated carbocycles. The summed E-state index contributed by atoms with van der Waals surface area (Å²) < 4.78 is 12.3. The summed E-state index contributed by atoms with van der Waals surface area (Å²) in [6.45, 7) is 1.08. The summed E-state index contributed by atoms with van der Waals surface area (Å²) in [5, 5.41) is 7.38. The number of carbonyl (C=O) groups is 1. The van der Waals surface area contributed by atoms with E-state index in [-0.39, 0.29) is 12.3 Å². The van der Waals surface area contributed by atoms with Gasteiger partial charge in [0.15, 0.2) is 11.5 Å². The van der Waals surface area contributed by atoms with Gasteiger partial charge in [-0.2, -0.15) is 5.10 Å². The lowest BCUT2D eigenvalue weighted by Crippen LogP contribution is -2.28. The van der Waals surface area contributed by atoms with Crippen LogP contribution in [0.25, 0.3) is 11.4 Å². The number of aromatic nitrogens is 3. The number of pyridine rings is 1. The standard InChI is InChI=1S/C20H22N4O3/c1-26-18-7-6-15(13-19(18)27-2)14-20(25)22-10-12-24-11-8-17(23-24)16-5-3-4-9-21-16/h3-9,11,13H,10,12,14H2,1-2H3,(H,22,25). The number of nitrogens with zero attached hydrogens (tertiary/aromatic N) is 3. The molecule has 2 heterocycles. The van der Waals surface area contributed by atoms with Crippen molar-refractivity contribution in [2.24, 2.45) is 0 Å². The van der Waals surface area contributed by atoms with Gasteiger partial charge < -0.3 is 14.8 Å². The summed E-state index contributed by atoms with van der Waals surface area (Å²) in [4.78, 5) is 16.4. The molecule has 0 fully saturated rings. The van der Waals surface area contributed by atoms with Gasteiger partial charge in [-0.15, -0.1) is 0 Å². The second-order valence-electron chi connectivity index (χ2n) is 5.90. The fraction of sp³-hybridized carbons (Fsp3) is 0.250. The monoisotopic (exact) mass is 366 g/mol. The van der Waals surface area contributed by atoms with Gasteiger partial charge in [0.2, 0.25) is 5.91 Å². The van der Waals surface area contributed by atoms with E-state index in [2.05, 4.69) is 15.4 Å². The molecule has 3 aromatic rings. The summed E-state index contributed by atoms with van der Waals surface area (Å²) in [5.41, 5.74) is 2.50. The first-order chi connectivity index (χ1) is 13.2. The quantitative estimate of drug-likeness (QED) is 0.662. The summed E-state index contributed by atoms with van der Waals surface area (Å²) in [6, 6.07) is 13.1. The molecule has 0 spiro atoms. The topological polar surface area (TPSA) is 78.3 Å². The van der Waals surface area contributed by atoms with Crippen LogP contribution in [0.4, 0.5) is 0 Å². The van der Waals surface area contributed by atoms with Crippen LogP contribution in [0, 0.1) is 0 Å². The molecule has 0 aliphatic carbocycles. The van der Waals surface area contributed by atoms with E-state index in [0.717, 1.165) is 17.0 Å². The highest BCUT2D eigenvalue weighted by Gasteiger charge is 2.08. The molecule has 3 rings (SSSR count). The molecule has 0 unspecified atom stereocenters. The highest BCUT2D eigenvalue weighted by atomic mass is 16.5. The Labute approximate surface area is 158 Å². The lowest BCUT2D eigenvalue weighted by molar-refractivity contribution is -0.120. The Bertz CT molecular complexity index is 893. The molecule has 1 N–H and O–H groups in total. The van der Waals surface area contributed by atoms with Crippen LogP contribution in [-0.4, -0.2) is 41.4 Å². The zero-order chi connectivity index (χ0) is 19.1. The van der Waals surface area contributed by atoms with Gasteiger partial charge in [-0.05, 0) is 35.9 Å².